The van der Waals surface area contributed by atoms with E-state index < -0.39 is 0 Å². The second-order valence-corrected chi connectivity index (χ2v) is 5.30. The number of rotatable bonds is 6. The topological polar surface area (TPSA) is 21.3 Å². The maximum Gasteiger partial charge on any atom is 0.0586 e. The molecule has 0 spiro atoms. The van der Waals surface area contributed by atoms with Crippen molar-refractivity contribution in [2.45, 2.75) is 51.2 Å². The molecule has 1 aromatic carbocycles. The molecule has 0 amide bonds. The van der Waals surface area contributed by atoms with E-state index in [0.29, 0.717) is 18.1 Å². The van der Waals surface area contributed by atoms with Gasteiger partial charge >= 0.3 is 0 Å². The maximum absolute atomic E-state index is 5.97. The summed E-state index contributed by atoms with van der Waals surface area (Å²) >= 11 is 0. The Morgan fingerprint density at radius 3 is 2.67 bits per heavy atom. The smallest absolute Gasteiger partial charge is 0.0586 e. The van der Waals surface area contributed by atoms with Crippen LogP contribution >= 0.6 is 0 Å². The van der Waals surface area contributed by atoms with E-state index in [0.717, 1.165) is 19.5 Å². The molecule has 3 atom stereocenters. The van der Waals surface area contributed by atoms with Crippen LogP contribution in [0.4, 0.5) is 0 Å². The fourth-order valence-electron chi connectivity index (χ4n) is 2.76. The number of hydrogen-bond donors (Lipinski definition) is 1. The first-order valence-corrected chi connectivity index (χ1v) is 7.20. The van der Waals surface area contributed by atoms with Gasteiger partial charge in [-0.25, -0.2) is 0 Å². The van der Waals surface area contributed by atoms with Gasteiger partial charge in [-0.1, -0.05) is 37.3 Å². The summed E-state index contributed by atoms with van der Waals surface area (Å²) in [5.74, 6) is 0.571. The number of nitrogens with one attached hydrogen (secondary N) is 1. The largest absolute Gasteiger partial charge is 0.375 e. The van der Waals surface area contributed by atoms with E-state index in [2.05, 4.69) is 49.5 Å². The molecule has 1 aromatic rings. The number of benzene rings is 1. The molecule has 0 aromatic heterocycles. The predicted molar refractivity (Wildman–Crippen MR) is 75.9 cm³/mol. The average molecular weight is 247 g/mol. The van der Waals surface area contributed by atoms with Crippen LogP contribution in [-0.4, -0.2) is 25.3 Å². The summed E-state index contributed by atoms with van der Waals surface area (Å²) in [6.45, 7) is 6.43. The summed E-state index contributed by atoms with van der Waals surface area (Å²) < 4.78 is 5.97. The lowest BCUT2D eigenvalue weighted by atomic mass is 9.92. The Morgan fingerprint density at radius 2 is 2.06 bits per heavy atom. The summed E-state index contributed by atoms with van der Waals surface area (Å²) in [7, 11) is 0. The van der Waals surface area contributed by atoms with Crippen LogP contribution in [0.2, 0.25) is 0 Å². The van der Waals surface area contributed by atoms with E-state index in [1.807, 2.05) is 0 Å². The van der Waals surface area contributed by atoms with Crippen LogP contribution in [0.1, 0.15) is 44.6 Å². The molecule has 1 heterocycles. The first-order chi connectivity index (χ1) is 8.79. The van der Waals surface area contributed by atoms with Crippen molar-refractivity contribution in [3.63, 3.8) is 0 Å². The standard InChI is InChI=1S/C16H25NO/c1-3-17-12-15(14-7-5-4-6-8-14)11-16-10-9-13(2)18-16/h4-8,13,15-17H,3,9-12H2,1-2H3. The van der Waals surface area contributed by atoms with Crippen LogP contribution in [0.5, 0.6) is 0 Å². The normalized spacial score (nSPS) is 25.2. The van der Waals surface area contributed by atoms with Gasteiger partial charge in [-0.2, -0.15) is 0 Å². The number of hydrogen-bond acceptors (Lipinski definition) is 2. The zero-order chi connectivity index (χ0) is 12.8. The molecule has 2 nitrogen and oxygen atoms in total. The summed E-state index contributed by atoms with van der Waals surface area (Å²) in [4.78, 5) is 0. The second-order valence-electron chi connectivity index (χ2n) is 5.30. The van der Waals surface area contributed by atoms with Gasteiger partial charge in [-0.05, 0) is 44.2 Å². The minimum atomic E-state index is 0.448. The molecule has 2 rings (SSSR count). The Bertz CT molecular complexity index is 338. The number of ether oxygens (including phenoxy) is 1. The lowest BCUT2D eigenvalue weighted by Crippen LogP contribution is -2.24. The highest BCUT2D eigenvalue weighted by Gasteiger charge is 2.25. The number of likely N-dealkylation sites (N-methyl/N-ethyl adjacent to an activating group) is 1. The van der Waals surface area contributed by atoms with E-state index in [1.54, 1.807) is 0 Å². The molecule has 0 saturated carbocycles. The molecular formula is C16H25NO. The molecular weight excluding hydrogens is 222 g/mol. The lowest BCUT2D eigenvalue weighted by molar-refractivity contribution is 0.0466. The van der Waals surface area contributed by atoms with E-state index in [-0.39, 0.29) is 0 Å². The van der Waals surface area contributed by atoms with Crippen LogP contribution in [-0.2, 0) is 4.74 Å². The van der Waals surface area contributed by atoms with Gasteiger partial charge in [0, 0.05) is 6.54 Å². The van der Waals surface area contributed by atoms with Crippen molar-refractivity contribution in [2.75, 3.05) is 13.1 Å². The van der Waals surface area contributed by atoms with E-state index >= 15 is 0 Å². The van der Waals surface area contributed by atoms with Gasteiger partial charge in [-0.3, -0.25) is 0 Å². The van der Waals surface area contributed by atoms with Crippen molar-refractivity contribution in [3.8, 4) is 0 Å². The molecule has 0 aliphatic carbocycles. The third kappa shape index (κ3) is 3.82. The van der Waals surface area contributed by atoms with Crippen LogP contribution in [0.3, 0.4) is 0 Å². The fourth-order valence-corrected chi connectivity index (χ4v) is 2.76. The first-order valence-electron chi connectivity index (χ1n) is 7.20. The summed E-state index contributed by atoms with van der Waals surface area (Å²) in [5.41, 5.74) is 1.43. The summed E-state index contributed by atoms with van der Waals surface area (Å²) in [5, 5.41) is 3.48. The molecule has 2 heteroatoms. The minimum Gasteiger partial charge on any atom is -0.375 e. The molecule has 18 heavy (non-hydrogen) atoms. The van der Waals surface area contributed by atoms with Crippen molar-refractivity contribution in [1.29, 1.82) is 0 Å². The van der Waals surface area contributed by atoms with Crippen molar-refractivity contribution in [3.05, 3.63) is 35.9 Å². The summed E-state index contributed by atoms with van der Waals surface area (Å²) in [6, 6.07) is 10.8. The van der Waals surface area contributed by atoms with Gasteiger partial charge in [0.1, 0.15) is 0 Å². The third-order valence-corrected chi connectivity index (χ3v) is 3.78. The van der Waals surface area contributed by atoms with Crippen molar-refractivity contribution < 1.29 is 4.74 Å². The molecule has 0 radical (unpaired) electrons. The Morgan fingerprint density at radius 1 is 1.28 bits per heavy atom. The maximum atomic E-state index is 5.97. The molecule has 0 bridgehead atoms. The Hall–Kier alpha value is -0.860. The summed E-state index contributed by atoms with van der Waals surface area (Å²) in [6.07, 6.45) is 4.47. The zero-order valence-corrected chi connectivity index (χ0v) is 11.6. The monoisotopic (exact) mass is 247 g/mol. The highest BCUT2D eigenvalue weighted by molar-refractivity contribution is 5.20. The van der Waals surface area contributed by atoms with Gasteiger partial charge in [0.05, 0.1) is 12.2 Å². The van der Waals surface area contributed by atoms with E-state index in [9.17, 15) is 0 Å². The molecule has 1 N–H and O–H groups in total. The first kappa shape index (κ1) is 13.6. The highest BCUT2D eigenvalue weighted by Crippen LogP contribution is 2.29. The molecule has 100 valence electrons. The Balaban J connectivity index is 1.96. The average Bonchev–Trinajstić information content (AvgIpc) is 2.81. The van der Waals surface area contributed by atoms with Gasteiger partial charge in [0.15, 0.2) is 0 Å². The van der Waals surface area contributed by atoms with Gasteiger partial charge < -0.3 is 10.1 Å². The van der Waals surface area contributed by atoms with Gasteiger partial charge in [0.25, 0.3) is 0 Å². The van der Waals surface area contributed by atoms with Gasteiger partial charge in [0.2, 0.25) is 0 Å². The van der Waals surface area contributed by atoms with Crippen LogP contribution < -0.4 is 5.32 Å². The van der Waals surface area contributed by atoms with Crippen LogP contribution in [0.25, 0.3) is 0 Å². The third-order valence-electron chi connectivity index (χ3n) is 3.78. The Kier molecular flexibility index (Phi) is 5.21. The van der Waals surface area contributed by atoms with E-state index in [4.69, 9.17) is 4.74 Å². The SMILES string of the molecule is CCNCC(CC1CCC(C)O1)c1ccccc1. The van der Waals surface area contributed by atoms with Gasteiger partial charge in [-0.15, -0.1) is 0 Å². The quantitative estimate of drug-likeness (QED) is 0.832. The van der Waals surface area contributed by atoms with Crippen molar-refractivity contribution in [1.82, 2.24) is 5.32 Å². The zero-order valence-electron chi connectivity index (χ0n) is 11.6. The van der Waals surface area contributed by atoms with Crippen LogP contribution in [0, 0.1) is 0 Å². The molecule has 1 aliphatic heterocycles. The molecule has 3 unspecified atom stereocenters. The predicted octanol–water partition coefficient (Wildman–Crippen LogP) is 3.34. The fraction of sp³-hybridized carbons (Fsp3) is 0.625. The second kappa shape index (κ2) is 6.91. The Labute approximate surface area is 111 Å². The van der Waals surface area contributed by atoms with Crippen molar-refractivity contribution in [2.24, 2.45) is 0 Å². The molecule has 1 aliphatic rings. The highest BCUT2D eigenvalue weighted by atomic mass is 16.5. The molecule has 1 saturated heterocycles. The van der Waals surface area contributed by atoms with Crippen molar-refractivity contribution >= 4 is 0 Å². The minimum absolute atomic E-state index is 0.448. The molecule has 1 fully saturated rings. The van der Waals surface area contributed by atoms with E-state index in [1.165, 1.54) is 18.4 Å². The lowest BCUT2D eigenvalue weighted by Gasteiger charge is -2.21. The van der Waals surface area contributed by atoms with Crippen LogP contribution in [0.15, 0.2) is 30.3 Å².